The van der Waals surface area contributed by atoms with Crippen LogP contribution in [-0.4, -0.2) is 31.3 Å². The predicted octanol–water partition coefficient (Wildman–Crippen LogP) is 9.50. The molecule has 36 heavy (non-hydrogen) atoms. The van der Waals surface area contributed by atoms with Gasteiger partial charge in [0.1, 0.15) is 5.75 Å². The highest BCUT2D eigenvalue weighted by Gasteiger charge is 2.18. The van der Waals surface area contributed by atoms with Crippen LogP contribution in [0.4, 0.5) is 0 Å². The molecular weight excluding hydrogens is 460 g/mol. The van der Waals surface area contributed by atoms with Crippen molar-refractivity contribution < 1.29 is 9.47 Å². The second-order valence-corrected chi connectivity index (χ2v) is 16.1. The number of nitrogens with zero attached hydrogens (tertiary/aromatic N) is 2. The highest BCUT2D eigenvalue weighted by Crippen LogP contribution is 2.24. The molecule has 0 saturated carbocycles. The molecule has 0 bridgehead atoms. The maximum atomic E-state index is 5.97. The van der Waals surface area contributed by atoms with Crippen LogP contribution in [0.2, 0.25) is 25.2 Å². The first-order chi connectivity index (χ1) is 17.5. The van der Waals surface area contributed by atoms with Crippen molar-refractivity contribution >= 4 is 8.07 Å². The molecule has 4 nitrogen and oxygen atoms in total. The van der Waals surface area contributed by atoms with Crippen molar-refractivity contribution in [3.8, 4) is 22.9 Å². The van der Waals surface area contributed by atoms with Crippen molar-refractivity contribution in [3.05, 3.63) is 49.3 Å². The van der Waals surface area contributed by atoms with Gasteiger partial charge in [-0.15, -0.1) is 6.58 Å². The van der Waals surface area contributed by atoms with Crippen LogP contribution in [0.15, 0.2) is 49.3 Å². The summed E-state index contributed by atoms with van der Waals surface area (Å²) in [6.45, 7) is 12.6. The largest absolute Gasteiger partial charge is 0.494 e. The number of ether oxygens (including phenoxy) is 2. The highest BCUT2D eigenvalue weighted by atomic mass is 28.3. The van der Waals surface area contributed by atoms with E-state index in [4.69, 9.17) is 9.47 Å². The highest BCUT2D eigenvalue weighted by molar-refractivity contribution is 6.77. The van der Waals surface area contributed by atoms with Gasteiger partial charge in [0, 0.05) is 26.0 Å². The minimum Gasteiger partial charge on any atom is -0.494 e. The van der Waals surface area contributed by atoms with Gasteiger partial charge in [-0.2, -0.15) is 0 Å². The molecular formula is C31H50N2O2Si. The van der Waals surface area contributed by atoms with E-state index in [1.165, 1.54) is 69.9 Å². The molecule has 0 radical (unpaired) electrons. The summed E-state index contributed by atoms with van der Waals surface area (Å²) in [7, 11) is -1.00. The number of hydrogen-bond donors (Lipinski definition) is 0. The van der Waals surface area contributed by atoms with E-state index < -0.39 is 8.07 Å². The molecule has 1 aromatic heterocycles. The Kier molecular flexibility index (Phi) is 15.2. The molecule has 0 aliphatic rings. The van der Waals surface area contributed by atoms with E-state index in [0.717, 1.165) is 42.7 Å². The lowest BCUT2D eigenvalue weighted by Gasteiger charge is -2.21. The van der Waals surface area contributed by atoms with Crippen LogP contribution in [0.25, 0.3) is 11.1 Å². The quantitative estimate of drug-likeness (QED) is 0.0952. The van der Waals surface area contributed by atoms with Crippen molar-refractivity contribution in [1.29, 1.82) is 0 Å². The molecule has 1 aromatic carbocycles. The summed E-state index contributed by atoms with van der Waals surface area (Å²) < 4.78 is 11.7. The molecule has 0 aliphatic carbocycles. The van der Waals surface area contributed by atoms with E-state index >= 15 is 0 Å². The van der Waals surface area contributed by atoms with Crippen molar-refractivity contribution in [1.82, 2.24) is 9.97 Å². The van der Waals surface area contributed by atoms with Gasteiger partial charge in [0.05, 0.1) is 13.2 Å². The summed E-state index contributed by atoms with van der Waals surface area (Å²) in [5.41, 5.74) is 2.08. The van der Waals surface area contributed by atoms with Gasteiger partial charge in [0.25, 0.3) is 0 Å². The molecule has 0 N–H and O–H groups in total. The normalized spacial score (nSPS) is 11.4. The van der Waals surface area contributed by atoms with Crippen LogP contribution in [0.5, 0.6) is 11.8 Å². The monoisotopic (exact) mass is 510 g/mol. The SMILES string of the molecule is C=CCCCCCCCCCOc1ncc(-c2ccc(OCCCC[Si](C)(C)CCCC)cc2)cn1. The Balaban J connectivity index is 1.60. The van der Waals surface area contributed by atoms with Gasteiger partial charge in [-0.25, -0.2) is 9.97 Å². The summed E-state index contributed by atoms with van der Waals surface area (Å²) in [6.07, 6.45) is 20.7. The Hall–Kier alpha value is -2.14. The number of aromatic nitrogens is 2. The van der Waals surface area contributed by atoms with Crippen LogP contribution in [0.3, 0.4) is 0 Å². The van der Waals surface area contributed by atoms with E-state index in [0.29, 0.717) is 12.6 Å². The molecule has 2 rings (SSSR count). The average Bonchev–Trinajstić information content (AvgIpc) is 2.89. The smallest absolute Gasteiger partial charge is 0.316 e. The minimum atomic E-state index is -1.00. The van der Waals surface area contributed by atoms with E-state index in [9.17, 15) is 0 Å². The van der Waals surface area contributed by atoms with Crippen LogP contribution in [0.1, 0.15) is 84.0 Å². The molecule has 0 fully saturated rings. The lowest BCUT2D eigenvalue weighted by atomic mass is 10.1. The third-order valence-corrected chi connectivity index (χ3v) is 10.2. The number of rotatable bonds is 21. The van der Waals surface area contributed by atoms with E-state index in [-0.39, 0.29) is 0 Å². The molecule has 5 heteroatoms. The van der Waals surface area contributed by atoms with Crippen molar-refractivity contribution in [2.45, 2.75) is 109 Å². The molecule has 2 aromatic rings. The Morgan fingerprint density at radius 3 is 1.97 bits per heavy atom. The van der Waals surface area contributed by atoms with Crippen LogP contribution in [0, 0.1) is 0 Å². The Morgan fingerprint density at radius 2 is 1.31 bits per heavy atom. The number of unbranched alkanes of at least 4 members (excludes halogenated alkanes) is 9. The molecule has 200 valence electrons. The maximum Gasteiger partial charge on any atom is 0.316 e. The summed E-state index contributed by atoms with van der Waals surface area (Å²) >= 11 is 0. The summed E-state index contributed by atoms with van der Waals surface area (Å²) in [5, 5.41) is 0. The van der Waals surface area contributed by atoms with Crippen molar-refractivity contribution in [2.75, 3.05) is 13.2 Å². The zero-order chi connectivity index (χ0) is 25.9. The zero-order valence-corrected chi connectivity index (χ0v) is 24.3. The van der Waals surface area contributed by atoms with Gasteiger partial charge in [-0.05, 0) is 43.4 Å². The first-order valence-electron chi connectivity index (χ1n) is 14.3. The van der Waals surface area contributed by atoms with Gasteiger partial charge >= 0.3 is 6.01 Å². The van der Waals surface area contributed by atoms with Gasteiger partial charge in [0.15, 0.2) is 0 Å². The van der Waals surface area contributed by atoms with E-state index in [1.807, 2.05) is 30.6 Å². The number of allylic oxidation sites excluding steroid dienone is 1. The van der Waals surface area contributed by atoms with Crippen molar-refractivity contribution in [2.24, 2.45) is 0 Å². The second kappa shape index (κ2) is 18.2. The fourth-order valence-electron chi connectivity index (χ4n) is 4.40. The van der Waals surface area contributed by atoms with Gasteiger partial charge < -0.3 is 9.47 Å². The Bertz CT molecular complexity index is 821. The van der Waals surface area contributed by atoms with E-state index in [2.05, 4.69) is 48.7 Å². The standard InChI is InChI=1S/C31H50N2O2Si/c1-5-7-9-10-11-12-13-14-15-23-35-31-32-26-29(27-33-31)28-18-20-30(21-19-28)34-22-16-17-25-36(3,4)24-8-6-2/h5,18-21,26-27H,1,6-17,22-25H2,2-4H3. The molecule has 0 spiro atoms. The van der Waals surface area contributed by atoms with E-state index in [1.54, 1.807) is 0 Å². The molecule has 0 unspecified atom stereocenters. The average molecular weight is 511 g/mol. The zero-order valence-electron chi connectivity index (χ0n) is 23.3. The van der Waals surface area contributed by atoms with Gasteiger partial charge in [-0.3, -0.25) is 0 Å². The first kappa shape index (κ1) is 30.1. The molecule has 0 aliphatic heterocycles. The third-order valence-electron chi connectivity index (χ3n) is 6.82. The molecule has 0 amide bonds. The molecule has 1 heterocycles. The third kappa shape index (κ3) is 13.2. The lowest BCUT2D eigenvalue weighted by molar-refractivity contribution is 0.281. The fraction of sp³-hybridized carbons (Fsp3) is 0.613. The first-order valence-corrected chi connectivity index (χ1v) is 17.7. The summed E-state index contributed by atoms with van der Waals surface area (Å²) in [5.74, 6) is 0.930. The van der Waals surface area contributed by atoms with Crippen LogP contribution >= 0.6 is 0 Å². The second-order valence-electron chi connectivity index (χ2n) is 10.8. The number of hydrogen-bond acceptors (Lipinski definition) is 4. The lowest BCUT2D eigenvalue weighted by Crippen LogP contribution is -2.24. The Morgan fingerprint density at radius 1 is 0.722 bits per heavy atom. The van der Waals surface area contributed by atoms with Gasteiger partial charge in [0.2, 0.25) is 0 Å². The molecule has 0 atom stereocenters. The number of benzene rings is 1. The fourth-order valence-corrected chi connectivity index (χ4v) is 7.17. The van der Waals surface area contributed by atoms with Gasteiger partial charge in [-0.1, -0.05) is 102 Å². The summed E-state index contributed by atoms with van der Waals surface area (Å²) in [6, 6.07) is 11.6. The molecule has 0 saturated heterocycles. The minimum absolute atomic E-state index is 0.462. The van der Waals surface area contributed by atoms with Crippen molar-refractivity contribution in [3.63, 3.8) is 0 Å². The Labute approximate surface area is 222 Å². The topological polar surface area (TPSA) is 44.2 Å². The maximum absolute atomic E-state index is 5.97. The summed E-state index contributed by atoms with van der Waals surface area (Å²) in [4.78, 5) is 8.78. The van der Waals surface area contributed by atoms with Crippen LogP contribution < -0.4 is 9.47 Å². The van der Waals surface area contributed by atoms with Crippen LogP contribution in [-0.2, 0) is 0 Å². The predicted molar refractivity (Wildman–Crippen MR) is 157 cm³/mol.